The fourth-order valence-electron chi connectivity index (χ4n) is 1.86. The molecule has 0 bridgehead atoms. The van der Waals surface area contributed by atoms with Crippen LogP contribution in [0.25, 0.3) is 10.9 Å². The van der Waals surface area contributed by atoms with Crippen molar-refractivity contribution < 1.29 is 0 Å². The average Bonchev–Trinajstić information content (AvgIpc) is 2.47. The SMILES string of the molecule is Cl.c1cc2cc([C@H]3CCN3)ccc2[nH]1. The highest BCUT2D eigenvalue weighted by atomic mass is 35.5. The van der Waals surface area contributed by atoms with Gasteiger partial charge in [-0.3, -0.25) is 0 Å². The van der Waals surface area contributed by atoms with Crippen LogP contribution in [0, 0.1) is 0 Å². The van der Waals surface area contributed by atoms with E-state index in [-0.39, 0.29) is 12.4 Å². The molecule has 0 amide bonds. The van der Waals surface area contributed by atoms with Crippen LogP contribution in [0.1, 0.15) is 18.0 Å². The summed E-state index contributed by atoms with van der Waals surface area (Å²) in [7, 11) is 0. The Balaban J connectivity index is 0.000000750. The first kappa shape index (κ1) is 9.56. The summed E-state index contributed by atoms with van der Waals surface area (Å²) in [5.74, 6) is 0. The van der Waals surface area contributed by atoms with Gasteiger partial charge in [0.05, 0.1) is 0 Å². The van der Waals surface area contributed by atoms with Crippen molar-refractivity contribution in [2.45, 2.75) is 12.5 Å². The molecule has 2 nitrogen and oxygen atoms in total. The molecule has 74 valence electrons. The number of hydrogen-bond acceptors (Lipinski definition) is 1. The van der Waals surface area contributed by atoms with E-state index in [9.17, 15) is 0 Å². The summed E-state index contributed by atoms with van der Waals surface area (Å²) in [6.45, 7) is 1.16. The number of hydrogen-bond donors (Lipinski definition) is 2. The first-order valence-electron chi connectivity index (χ1n) is 4.74. The van der Waals surface area contributed by atoms with Crippen molar-refractivity contribution in [3.05, 3.63) is 36.0 Å². The summed E-state index contributed by atoms with van der Waals surface area (Å²) in [5.41, 5.74) is 2.64. The minimum atomic E-state index is 0. The summed E-state index contributed by atoms with van der Waals surface area (Å²) in [4.78, 5) is 3.20. The normalized spacial score (nSPS) is 20.1. The van der Waals surface area contributed by atoms with Crippen molar-refractivity contribution in [3.63, 3.8) is 0 Å². The Morgan fingerprint density at radius 3 is 2.79 bits per heavy atom. The minimum absolute atomic E-state index is 0. The van der Waals surface area contributed by atoms with Crippen LogP contribution in [0.4, 0.5) is 0 Å². The second-order valence-electron chi connectivity index (χ2n) is 3.62. The van der Waals surface area contributed by atoms with Gasteiger partial charge in [0.15, 0.2) is 0 Å². The van der Waals surface area contributed by atoms with Gasteiger partial charge in [-0.15, -0.1) is 12.4 Å². The average molecular weight is 209 g/mol. The number of H-pyrrole nitrogens is 1. The smallest absolute Gasteiger partial charge is 0.0454 e. The first-order valence-corrected chi connectivity index (χ1v) is 4.74. The highest BCUT2D eigenvalue weighted by Crippen LogP contribution is 2.25. The third-order valence-corrected chi connectivity index (χ3v) is 2.80. The molecule has 0 spiro atoms. The summed E-state index contributed by atoms with van der Waals surface area (Å²) in [6.07, 6.45) is 3.26. The molecule has 3 rings (SSSR count). The lowest BCUT2D eigenvalue weighted by molar-refractivity contribution is 0.383. The molecule has 0 aliphatic carbocycles. The summed E-state index contributed by atoms with van der Waals surface area (Å²) in [6, 6.07) is 9.35. The van der Waals surface area contributed by atoms with E-state index in [4.69, 9.17) is 0 Å². The number of aromatic amines is 1. The summed E-state index contributed by atoms with van der Waals surface area (Å²) in [5, 5.41) is 4.72. The van der Waals surface area contributed by atoms with Crippen LogP contribution in [0.2, 0.25) is 0 Å². The molecule has 0 radical (unpaired) electrons. The Morgan fingerprint density at radius 2 is 2.07 bits per heavy atom. The standard InChI is InChI=1S/C11H12N2.ClH/c1-2-10-9(3-5-12-10)7-8(1)11-4-6-13-11;/h1-3,5,7,11-13H,4,6H2;1H/t11-;/m1./s1. The topological polar surface area (TPSA) is 27.8 Å². The number of rotatable bonds is 1. The van der Waals surface area contributed by atoms with E-state index < -0.39 is 0 Å². The Morgan fingerprint density at radius 1 is 1.21 bits per heavy atom. The fraction of sp³-hybridized carbons (Fsp3) is 0.273. The summed E-state index contributed by atoms with van der Waals surface area (Å²) >= 11 is 0. The molecular weight excluding hydrogens is 196 g/mol. The Hall–Kier alpha value is -0.990. The van der Waals surface area contributed by atoms with Crippen LogP contribution in [0.15, 0.2) is 30.5 Å². The van der Waals surface area contributed by atoms with Gasteiger partial charge in [-0.1, -0.05) is 6.07 Å². The van der Waals surface area contributed by atoms with Crippen molar-refractivity contribution >= 4 is 23.3 Å². The minimum Gasteiger partial charge on any atom is -0.361 e. The zero-order valence-electron chi connectivity index (χ0n) is 7.79. The third-order valence-electron chi connectivity index (χ3n) is 2.80. The van der Waals surface area contributed by atoms with Crippen LogP contribution in [0.5, 0.6) is 0 Å². The molecule has 3 heteroatoms. The number of aromatic nitrogens is 1. The van der Waals surface area contributed by atoms with Crippen LogP contribution >= 0.6 is 12.4 Å². The molecule has 2 N–H and O–H groups in total. The highest BCUT2D eigenvalue weighted by Gasteiger charge is 2.18. The molecule has 1 fully saturated rings. The number of halogens is 1. The maximum atomic E-state index is 3.41. The lowest BCUT2D eigenvalue weighted by atomic mass is 9.97. The summed E-state index contributed by atoms with van der Waals surface area (Å²) < 4.78 is 0. The van der Waals surface area contributed by atoms with Gasteiger partial charge in [0.1, 0.15) is 0 Å². The van der Waals surface area contributed by atoms with Gasteiger partial charge >= 0.3 is 0 Å². The Kier molecular flexibility index (Phi) is 2.48. The molecule has 0 unspecified atom stereocenters. The lowest BCUT2D eigenvalue weighted by Crippen LogP contribution is -2.34. The van der Waals surface area contributed by atoms with Gasteiger partial charge in [0.25, 0.3) is 0 Å². The highest BCUT2D eigenvalue weighted by molar-refractivity contribution is 5.85. The van der Waals surface area contributed by atoms with Gasteiger partial charge in [-0.2, -0.15) is 0 Å². The van der Waals surface area contributed by atoms with Crippen LogP contribution in [-0.4, -0.2) is 11.5 Å². The molecule has 1 aliphatic heterocycles. The second kappa shape index (κ2) is 3.64. The maximum Gasteiger partial charge on any atom is 0.0454 e. The third kappa shape index (κ3) is 1.41. The van der Waals surface area contributed by atoms with E-state index in [1.54, 1.807) is 0 Å². The predicted octanol–water partition coefficient (Wildman–Crippen LogP) is 2.62. The predicted molar refractivity (Wildman–Crippen MR) is 60.9 cm³/mol. The molecule has 1 aromatic carbocycles. The quantitative estimate of drug-likeness (QED) is 0.741. The second-order valence-corrected chi connectivity index (χ2v) is 3.62. The van der Waals surface area contributed by atoms with E-state index in [1.807, 2.05) is 6.20 Å². The van der Waals surface area contributed by atoms with Gasteiger partial charge in [0.2, 0.25) is 0 Å². The number of benzene rings is 1. The van der Waals surface area contributed by atoms with E-state index in [0.717, 1.165) is 6.54 Å². The molecule has 1 aromatic heterocycles. The molecule has 2 aromatic rings. The van der Waals surface area contributed by atoms with E-state index in [0.29, 0.717) is 6.04 Å². The fourth-order valence-corrected chi connectivity index (χ4v) is 1.86. The van der Waals surface area contributed by atoms with Crippen LogP contribution < -0.4 is 5.32 Å². The number of fused-ring (bicyclic) bond motifs is 1. The zero-order chi connectivity index (χ0) is 8.67. The van der Waals surface area contributed by atoms with E-state index in [1.165, 1.54) is 22.9 Å². The lowest BCUT2D eigenvalue weighted by Gasteiger charge is -2.28. The van der Waals surface area contributed by atoms with Crippen molar-refractivity contribution in [1.82, 2.24) is 10.3 Å². The molecule has 1 aliphatic rings. The van der Waals surface area contributed by atoms with Crippen LogP contribution in [-0.2, 0) is 0 Å². The molecular formula is C11H13ClN2. The first-order chi connectivity index (χ1) is 6.43. The Bertz CT molecular complexity index is 432. The molecule has 1 saturated heterocycles. The van der Waals surface area contributed by atoms with Crippen molar-refractivity contribution in [2.24, 2.45) is 0 Å². The van der Waals surface area contributed by atoms with Gasteiger partial charge in [-0.05, 0) is 42.1 Å². The molecule has 1 atom stereocenters. The molecule has 0 saturated carbocycles. The van der Waals surface area contributed by atoms with Crippen LogP contribution in [0.3, 0.4) is 0 Å². The Labute approximate surface area is 89.1 Å². The van der Waals surface area contributed by atoms with Crippen molar-refractivity contribution in [2.75, 3.05) is 6.54 Å². The van der Waals surface area contributed by atoms with Gasteiger partial charge < -0.3 is 10.3 Å². The largest absolute Gasteiger partial charge is 0.361 e. The van der Waals surface area contributed by atoms with Gasteiger partial charge in [-0.25, -0.2) is 0 Å². The van der Waals surface area contributed by atoms with E-state index >= 15 is 0 Å². The monoisotopic (exact) mass is 208 g/mol. The number of nitrogens with one attached hydrogen (secondary N) is 2. The van der Waals surface area contributed by atoms with E-state index in [2.05, 4.69) is 34.6 Å². The maximum absolute atomic E-state index is 3.41. The van der Waals surface area contributed by atoms with Crippen molar-refractivity contribution in [1.29, 1.82) is 0 Å². The van der Waals surface area contributed by atoms with Crippen molar-refractivity contribution in [3.8, 4) is 0 Å². The molecule has 2 heterocycles. The van der Waals surface area contributed by atoms with Gasteiger partial charge in [0, 0.05) is 17.8 Å². The zero-order valence-corrected chi connectivity index (χ0v) is 8.60. The molecule has 14 heavy (non-hydrogen) atoms.